The molecular formula is C37H62N5O23P3. The summed E-state index contributed by atoms with van der Waals surface area (Å²) in [6.07, 6.45) is -4.57. The number of aliphatic hydroxyl groups excluding tert-OH is 3. The van der Waals surface area contributed by atoms with E-state index in [9.17, 15) is 78.0 Å². The zero-order valence-electron chi connectivity index (χ0n) is 37.2. The van der Waals surface area contributed by atoms with Crippen molar-refractivity contribution >= 4 is 63.7 Å². The molecule has 0 radical (unpaired) electrons. The molecule has 0 spiro atoms. The molecule has 2 aromatic rings. The van der Waals surface area contributed by atoms with Crippen LogP contribution >= 0.6 is 23.5 Å². The first-order valence-electron chi connectivity index (χ1n) is 21.9. The Balaban J connectivity index is 1.53. The first-order valence-corrected chi connectivity index (χ1v) is 26.5. The molecule has 388 valence electrons. The maximum atomic E-state index is 13.1. The SMILES string of the molecule is CCCCCCCCCCCCCC(=O)OC[C@H](COP(=O)(O)O[C@@H]1[C@H](O)[C@H](O)[C@@H](OP(=O)(O)O)[C@H](OP(=O)(O)O)[C@H]1O)OC(=O)CCCCCNC(=O)CNc1ccc([N+](=O)[O-])c2nonc12. The van der Waals surface area contributed by atoms with E-state index in [1.165, 1.54) is 44.2 Å². The number of carbonyl (C=O) groups excluding carboxylic acids is 3. The number of nitro groups is 1. The zero-order chi connectivity index (χ0) is 50.5. The molecule has 0 bridgehead atoms. The molecule has 1 heterocycles. The van der Waals surface area contributed by atoms with Crippen LogP contribution in [-0.2, 0) is 55.6 Å². The average molecular weight is 1040 g/mol. The molecule has 28 nitrogen and oxygen atoms in total. The maximum absolute atomic E-state index is 13.1. The Labute approximate surface area is 389 Å². The van der Waals surface area contributed by atoms with Gasteiger partial charge in [-0.05, 0) is 35.6 Å². The highest BCUT2D eigenvalue weighted by Crippen LogP contribution is 2.51. The van der Waals surface area contributed by atoms with Gasteiger partial charge in [0, 0.05) is 25.5 Å². The smallest absolute Gasteiger partial charge is 0.462 e. The van der Waals surface area contributed by atoms with Crippen molar-refractivity contribution < 1.29 is 105 Å². The van der Waals surface area contributed by atoms with Crippen molar-refractivity contribution in [3.05, 3.63) is 22.2 Å². The lowest BCUT2D eigenvalue weighted by molar-refractivity contribution is -0.383. The van der Waals surface area contributed by atoms with Gasteiger partial charge in [0.05, 0.1) is 23.8 Å². The lowest BCUT2D eigenvalue weighted by Gasteiger charge is -2.44. The lowest BCUT2D eigenvalue weighted by atomic mass is 9.85. The molecule has 3 rings (SSSR count). The van der Waals surface area contributed by atoms with Gasteiger partial charge in [-0.15, -0.1) is 0 Å². The number of nitro benzene ring substituents is 1. The maximum Gasteiger partial charge on any atom is 0.472 e. The van der Waals surface area contributed by atoms with Crippen LogP contribution in [0.15, 0.2) is 16.8 Å². The summed E-state index contributed by atoms with van der Waals surface area (Å²) in [7, 11) is -16.8. The second-order valence-electron chi connectivity index (χ2n) is 15.9. The van der Waals surface area contributed by atoms with E-state index < -0.39 is 102 Å². The summed E-state index contributed by atoms with van der Waals surface area (Å²) in [5.41, 5.74) is -0.0916. The van der Waals surface area contributed by atoms with Gasteiger partial charge in [0.2, 0.25) is 11.4 Å². The fourth-order valence-electron chi connectivity index (χ4n) is 6.95. The van der Waals surface area contributed by atoms with Gasteiger partial charge >= 0.3 is 41.1 Å². The van der Waals surface area contributed by atoms with Gasteiger partial charge in [0.1, 0.15) is 43.2 Å². The molecule has 10 N–H and O–H groups in total. The number of hydrogen-bond acceptors (Lipinski definition) is 21. The molecule has 0 saturated heterocycles. The summed E-state index contributed by atoms with van der Waals surface area (Å²) < 4.78 is 69.7. The first-order chi connectivity index (χ1) is 32.0. The molecule has 1 aromatic heterocycles. The fraction of sp³-hybridized carbons (Fsp3) is 0.757. The number of fused-ring (bicyclic) bond motifs is 1. The number of non-ortho nitro benzene ring substituents is 1. The number of nitrogens with zero attached hydrogens (tertiary/aromatic N) is 3. The molecule has 1 aromatic carbocycles. The Morgan fingerprint density at radius 2 is 1.25 bits per heavy atom. The van der Waals surface area contributed by atoms with Crippen LogP contribution in [0.3, 0.4) is 0 Å². The average Bonchev–Trinajstić information content (AvgIpc) is 3.76. The van der Waals surface area contributed by atoms with Crippen LogP contribution in [-0.4, -0.2) is 142 Å². The predicted octanol–water partition coefficient (Wildman–Crippen LogP) is 2.93. The minimum Gasteiger partial charge on any atom is -0.462 e. The van der Waals surface area contributed by atoms with Crippen molar-refractivity contribution in [1.29, 1.82) is 0 Å². The number of aromatic nitrogens is 2. The van der Waals surface area contributed by atoms with Gasteiger partial charge in [-0.1, -0.05) is 77.6 Å². The fourth-order valence-corrected chi connectivity index (χ4v) is 9.04. The molecule has 1 aliphatic rings. The molecule has 1 unspecified atom stereocenters. The second-order valence-corrected chi connectivity index (χ2v) is 19.7. The summed E-state index contributed by atoms with van der Waals surface area (Å²) in [6.45, 7) is 0.440. The zero-order valence-corrected chi connectivity index (χ0v) is 39.9. The number of phosphoric ester groups is 3. The molecule has 68 heavy (non-hydrogen) atoms. The summed E-state index contributed by atoms with van der Waals surface area (Å²) in [4.78, 5) is 96.0. The summed E-state index contributed by atoms with van der Waals surface area (Å²) in [5.74, 6) is -1.98. The highest BCUT2D eigenvalue weighted by molar-refractivity contribution is 7.47. The molecule has 31 heteroatoms. The van der Waals surface area contributed by atoms with Crippen molar-refractivity contribution in [3.63, 3.8) is 0 Å². The van der Waals surface area contributed by atoms with E-state index in [0.29, 0.717) is 19.3 Å². The largest absolute Gasteiger partial charge is 0.472 e. The molecular weight excluding hydrogens is 975 g/mol. The summed E-state index contributed by atoms with van der Waals surface area (Å²) in [6, 6.07) is 2.54. The Morgan fingerprint density at radius 3 is 1.84 bits per heavy atom. The van der Waals surface area contributed by atoms with Gasteiger partial charge in [0.15, 0.2) is 11.6 Å². The van der Waals surface area contributed by atoms with Crippen LogP contribution in [0.4, 0.5) is 11.4 Å². The van der Waals surface area contributed by atoms with Gasteiger partial charge < -0.3 is 59.9 Å². The van der Waals surface area contributed by atoms with Gasteiger partial charge in [0.25, 0.3) is 0 Å². The van der Waals surface area contributed by atoms with Crippen LogP contribution < -0.4 is 10.6 Å². The monoisotopic (exact) mass is 1040 g/mol. The lowest BCUT2D eigenvalue weighted by Crippen LogP contribution is -2.65. The third-order valence-electron chi connectivity index (χ3n) is 10.3. The van der Waals surface area contributed by atoms with E-state index in [4.69, 9.17) is 18.5 Å². The number of nitrogens with one attached hydrogen (secondary N) is 2. The third kappa shape index (κ3) is 21.6. The quantitative estimate of drug-likeness (QED) is 0.0158. The van der Waals surface area contributed by atoms with E-state index in [-0.39, 0.29) is 54.8 Å². The van der Waals surface area contributed by atoms with E-state index >= 15 is 0 Å². The second kappa shape index (κ2) is 28.9. The highest BCUT2D eigenvalue weighted by Gasteiger charge is 2.56. The predicted molar refractivity (Wildman–Crippen MR) is 233 cm³/mol. The van der Waals surface area contributed by atoms with E-state index in [2.05, 4.69) is 41.5 Å². The van der Waals surface area contributed by atoms with E-state index in [1.807, 2.05) is 0 Å². The first kappa shape index (κ1) is 58.8. The Morgan fingerprint density at radius 1 is 0.721 bits per heavy atom. The number of aliphatic hydroxyl groups is 3. The molecule has 8 atom stereocenters. The molecule has 1 saturated carbocycles. The summed E-state index contributed by atoms with van der Waals surface area (Å²) in [5, 5.41) is 55.6. The van der Waals surface area contributed by atoms with Crippen molar-refractivity contribution in [2.75, 3.05) is 31.6 Å². The topological polar surface area (TPSA) is 426 Å². The Hall–Kier alpha value is -3.56. The Kier molecular flexibility index (Phi) is 25.0. The van der Waals surface area contributed by atoms with Crippen molar-refractivity contribution in [1.82, 2.24) is 15.6 Å². The third-order valence-corrected chi connectivity index (χ3v) is 12.4. The molecule has 1 amide bonds. The van der Waals surface area contributed by atoms with Gasteiger partial charge in [-0.25, -0.2) is 18.3 Å². The number of unbranched alkanes of at least 4 members (excludes halogenated alkanes) is 12. The van der Waals surface area contributed by atoms with Gasteiger partial charge in [-0.3, -0.25) is 42.6 Å². The van der Waals surface area contributed by atoms with E-state index in [0.717, 1.165) is 32.1 Å². The molecule has 1 aliphatic carbocycles. The number of phosphoric acid groups is 3. The van der Waals surface area contributed by atoms with Crippen LogP contribution in [0.5, 0.6) is 0 Å². The van der Waals surface area contributed by atoms with Crippen LogP contribution in [0.25, 0.3) is 11.0 Å². The number of carbonyl (C=O) groups is 3. The normalized spacial score (nSPS) is 21.2. The van der Waals surface area contributed by atoms with Gasteiger partial charge in [-0.2, -0.15) is 0 Å². The summed E-state index contributed by atoms with van der Waals surface area (Å²) >= 11 is 0. The Bertz CT molecular complexity index is 2050. The number of ether oxygens (including phenoxy) is 2. The van der Waals surface area contributed by atoms with Crippen molar-refractivity contribution in [2.45, 2.75) is 152 Å². The number of esters is 2. The number of anilines is 1. The van der Waals surface area contributed by atoms with Crippen LogP contribution in [0.1, 0.15) is 110 Å². The highest BCUT2D eigenvalue weighted by atomic mass is 31.2. The number of benzene rings is 1. The molecule has 0 aliphatic heterocycles. The standard InChI is InChI=1S/C37H62N5O23P3/c1-2-3-4-5-6-7-8-9-10-11-13-16-28(44)59-22-24(23-60-68(57,58)64-35-32(46)33(47)36(62-66(51,52)53)37(34(35)48)63-67(54,55)56)61-29(45)17-14-12-15-20-38-27(43)21-39-25-18-19-26(42(49)50)31-30(25)40-65-41-31/h18-19,24,32-37,39,46-48H,2-17,20-23H2,1H3,(H,38,43)(H,57,58)(H2,51,52,53)(H2,54,55,56)/t24-,32-,33+,34+,35-,36-,37-/m1/s1. The number of amides is 1. The van der Waals surface area contributed by atoms with Crippen LogP contribution in [0, 0.1) is 10.1 Å². The number of hydrogen-bond donors (Lipinski definition) is 10. The van der Waals surface area contributed by atoms with Crippen molar-refractivity contribution in [2.24, 2.45) is 0 Å². The molecule has 1 fully saturated rings. The van der Waals surface area contributed by atoms with Crippen LogP contribution in [0.2, 0.25) is 0 Å². The number of rotatable bonds is 34. The van der Waals surface area contributed by atoms with Crippen molar-refractivity contribution in [3.8, 4) is 0 Å². The minimum atomic E-state index is -5.65. The van der Waals surface area contributed by atoms with E-state index in [1.54, 1.807) is 0 Å². The minimum absolute atomic E-state index is 0.0110.